The molecule has 0 fully saturated rings. The van der Waals surface area contributed by atoms with Gasteiger partial charge in [0, 0.05) is 23.8 Å². The minimum atomic E-state index is 0.186. The van der Waals surface area contributed by atoms with Gasteiger partial charge in [-0.15, -0.1) is 0 Å². The largest absolute Gasteiger partial charge is 0.345 e. The summed E-state index contributed by atoms with van der Waals surface area (Å²) in [6.45, 7) is 18.4. The highest BCUT2D eigenvalue weighted by atomic mass is 15.1. The Morgan fingerprint density at radius 1 is 0.960 bits per heavy atom. The fourth-order valence-electron chi connectivity index (χ4n) is 5.05. The molecule has 0 amide bonds. The van der Waals surface area contributed by atoms with Gasteiger partial charge in [0.15, 0.2) is 0 Å². The van der Waals surface area contributed by atoms with Crippen molar-refractivity contribution in [2.45, 2.75) is 53.4 Å². The standard InChI is InChI=1S/C24H35N/c1-17(2)24(18(3)4,19(5)6)22-14-15-23-21(16-22)13-11-9-10-12-20(7)25(23)8/h9-12,14-19H,7,13H2,1-6,8H3/b11-9-,12-10-. The monoisotopic (exact) mass is 337 g/mol. The van der Waals surface area contributed by atoms with E-state index in [0.717, 1.165) is 12.1 Å². The quantitative estimate of drug-likeness (QED) is 0.605. The summed E-state index contributed by atoms with van der Waals surface area (Å²) in [5.74, 6) is 1.77. The number of hydrogen-bond acceptors (Lipinski definition) is 1. The van der Waals surface area contributed by atoms with Gasteiger partial charge in [-0.05, 0) is 47.4 Å². The van der Waals surface area contributed by atoms with E-state index in [4.69, 9.17) is 0 Å². The lowest BCUT2D eigenvalue weighted by molar-refractivity contribution is 0.148. The Kier molecular flexibility index (Phi) is 5.98. The molecular weight excluding hydrogens is 302 g/mol. The van der Waals surface area contributed by atoms with Crippen LogP contribution < -0.4 is 4.90 Å². The molecule has 136 valence electrons. The first-order valence-corrected chi connectivity index (χ1v) is 9.62. The van der Waals surface area contributed by atoms with E-state index in [1.54, 1.807) is 0 Å². The fourth-order valence-corrected chi connectivity index (χ4v) is 5.05. The number of rotatable bonds is 4. The summed E-state index contributed by atoms with van der Waals surface area (Å²) in [5, 5.41) is 0. The van der Waals surface area contributed by atoms with E-state index >= 15 is 0 Å². The smallest absolute Gasteiger partial charge is 0.0443 e. The van der Waals surface area contributed by atoms with Gasteiger partial charge < -0.3 is 4.90 Å². The lowest BCUT2D eigenvalue weighted by Gasteiger charge is -2.46. The molecule has 0 spiro atoms. The van der Waals surface area contributed by atoms with E-state index in [-0.39, 0.29) is 5.41 Å². The van der Waals surface area contributed by atoms with Crippen LogP contribution in [0.5, 0.6) is 0 Å². The highest BCUT2D eigenvalue weighted by Gasteiger charge is 2.41. The molecule has 0 aromatic heterocycles. The Hall–Kier alpha value is -1.76. The third-order valence-electron chi connectivity index (χ3n) is 6.11. The second kappa shape index (κ2) is 7.64. The van der Waals surface area contributed by atoms with Crippen molar-refractivity contribution in [3.63, 3.8) is 0 Å². The van der Waals surface area contributed by atoms with Crippen molar-refractivity contribution in [3.05, 3.63) is 65.9 Å². The zero-order valence-electron chi connectivity index (χ0n) is 17.1. The second-order valence-corrected chi connectivity index (χ2v) is 8.28. The Bertz CT molecular complexity index is 652. The van der Waals surface area contributed by atoms with Crippen LogP contribution in [-0.2, 0) is 11.8 Å². The van der Waals surface area contributed by atoms with E-state index in [0.29, 0.717) is 17.8 Å². The molecule has 0 saturated carbocycles. The summed E-state index contributed by atoms with van der Waals surface area (Å²) >= 11 is 0. The molecule has 0 unspecified atom stereocenters. The third-order valence-corrected chi connectivity index (χ3v) is 6.11. The summed E-state index contributed by atoms with van der Waals surface area (Å²) in [5.41, 5.74) is 5.32. The normalized spacial score (nSPS) is 18.2. The van der Waals surface area contributed by atoms with Crippen LogP contribution >= 0.6 is 0 Å². The van der Waals surface area contributed by atoms with Gasteiger partial charge in [0.1, 0.15) is 0 Å². The zero-order chi connectivity index (χ0) is 18.8. The lowest BCUT2D eigenvalue weighted by atomic mass is 9.58. The lowest BCUT2D eigenvalue weighted by Crippen LogP contribution is -2.43. The Morgan fingerprint density at radius 2 is 1.56 bits per heavy atom. The topological polar surface area (TPSA) is 3.24 Å². The van der Waals surface area contributed by atoms with Crippen LogP contribution in [0.25, 0.3) is 0 Å². The first-order chi connectivity index (χ1) is 11.7. The molecule has 0 saturated heterocycles. The summed E-state index contributed by atoms with van der Waals surface area (Å²) in [6, 6.07) is 7.10. The van der Waals surface area contributed by atoms with E-state index in [2.05, 4.69) is 103 Å². The molecule has 0 bridgehead atoms. The number of nitrogens with zero attached hydrogens (tertiary/aromatic N) is 1. The van der Waals surface area contributed by atoms with Gasteiger partial charge in [0.05, 0.1) is 0 Å². The van der Waals surface area contributed by atoms with Crippen LogP contribution in [0.1, 0.15) is 52.7 Å². The number of likely N-dealkylation sites (N-methyl/N-ethyl adjacent to an activating group) is 1. The maximum Gasteiger partial charge on any atom is 0.0443 e. The van der Waals surface area contributed by atoms with Crippen LogP contribution in [0.4, 0.5) is 5.69 Å². The molecule has 0 atom stereocenters. The van der Waals surface area contributed by atoms with Gasteiger partial charge in [-0.1, -0.05) is 78.5 Å². The third kappa shape index (κ3) is 3.47. The van der Waals surface area contributed by atoms with Crippen LogP contribution in [0, 0.1) is 17.8 Å². The molecule has 1 aromatic carbocycles. The van der Waals surface area contributed by atoms with E-state index < -0.39 is 0 Å². The molecule has 25 heavy (non-hydrogen) atoms. The van der Waals surface area contributed by atoms with Crippen molar-refractivity contribution < 1.29 is 0 Å². The van der Waals surface area contributed by atoms with Crippen molar-refractivity contribution in [1.29, 1.82) is 0 Å². The second-order valence-electron chi connectivity index (χ2n) is 8.28. The van der Waals surface area contributed by atoms with Gasteiger partial charge >= 0.3 is 0 Å². The molecule has 1 heteroatoms. The maximum atomic E-state index is 4.20. The summed E-state index contributed by atoms with van der Waals surface area (Å²) in [4.78, 5) is 2.20. The highest BCUT2D eigenvalue weighted by Crippen LogP contribution is 2.46. The average molecular weight is 338 g/mol. The van der Waals surface area contributed by atoms with Gasteiger partial charge in [0.2, 0.25) is 0 Å². The van der Waals surface area contributed by atoms with E-state index in [1.165, 1.54) is 16.8 Å². The number of benzene rings is 1. The average Bonchev–Trinajstić information content (AvgIpc) is 2.58. The first-order valence-electron chi connectivity index (χ1n) is 9.62. The molecule has 1 aliphatic heterocycles. The number of hydrogen-bond donors (Lipinski definition) is 0. The van der Waals surface area contributed by atoms with Crippen LogP contribution in [-0.4, -0.2) is 7.05 Å². The van der Waals surface area contributed by atoms with E-state index in [9.17, 15) is 0 Å². The predicted octanol–water partition coefficient (Wildman–Crippen LogP) is 6.51. The van der Waals surface area contributed by atoms with Crippen molar-refractivity contribution in [1.82, 2.24) is 0 Å². The Morgan fingerprint density at radius 3 is 2.12 bits per heavy atom. The minimum Gasteiger partial charge on any atom is -0.345 e. The van der Waals surface area contributed by atoms with Crippen LogP contribution in [0.15, 0.2) is 54.8 Å². The molecule has 0 aliphatic carbocycles. The molecule has 0 N–H and O–H groups in total. The SMILES string of the molecule is C=C1/C=C\C=C/Cc2cc(C(C(C)C)(C(C)C)C(C)C)ccc2N1C. The number of anilines is 1. The van der Waals surface area contributed by atoms with Crippen LogP contribution in [0.3, 0.4) is 0 Å². The number of allylic oxidation sites excluding steroid dienone is 4. The zero-order valence-corrected chi connectivity index (χ0v) is 17.1. The maximum absolute atomic E-state index is 4.20. The van der Waals surface area contributed by atoms with Gasteiger partial charge in [-0.25, -0.2) is 0 Å². The Balaban J connectivity index is 2.64. The van der Waals surface area contributed by atoms with Crippen LogP contribution in [0.2, 0.25) is 0 Å². The summed E-state index contributed by atoms with van der Waals surface area (Å²) < 4.78 is 0. The van der Waals surface area contributed by atoms with Crippen molar-refractivity contribution in [3.8, 4) is 0 Å². The highest BCUT2D eigenvalue weighted by molar-refractivity contribution is 5.61. The molecule has 1 heterocycles. The van der Waals surface area contributed by atoms with E-state index in [1.807, 2.05) is 0 Å². The summed E-state index contributed by atoms with van der Waals surface area (Å²) in [6.07, 6.45) is 9.47. The predicted molar refractivity (Wildman–Crippen MR) is 112 cm³/mol. The first kappa shape index (κ1) is 19.6. The summed E-state index contributed by atoms with van der Waals surface area (Å²) in [7, 11) is 2.11. The number of fused-ring (bicyclic) bond motifs is 1. The van der Waals surface area contributed by atoms with Crippen molar-refractivity contribution >= 4 is 5.69 Å². The molecule has 1 aromatic rings. The molecular formula is C24H35N. The van der Waals surface area contributed by atoms with Crippen molar-refractivity contribution in [2.24, 2.45) is 17.8 Å². The molecule has 0 radical (unpaired) electrons. The van der Waals surface area contributed by atoms with Crippen molar-refractivity contribution in [2.75, 3.05) is 11.9 Å². The van der Waals surface area contributed by atoms with Gasteiger partial charge in [-0.3, -0.25) is 0 Å². The molecule has 1 aliphatic rings. The van der Waals surface area contributed by atoms with Gasteiger partial charge in [-0.2, -0.15) is 0 Å². The fraction of sp³-hybridized carbons (Fsp3) is 0.500. The van der Waals surface area contributed by atoms with Gasteiger partial charge in [0.25, 0.3) is 0 Å². The Labute approximate surface area is 155 Å². The molecule has 2 rings (SSSR count). The minimum absolute atomic E-state index is 0.186. The molecule has 1 nitrogen and oxygen atoms in total.